The molecule has 0 bridgehead atoms. The molecule has 1 heterocycles. The number of rotatable bonds is 5. The fourth-order valence-corrected chi connectivity index (χ4v) is 3.10. The summed E-state index contributed by atoms with van der Waals surface area (Å²) < 4.78 is 5.46. The number of nitrogens with one attached hydrogen (secondary N) is 1. The molecular formula is C14H15ClN2OS. The first kappa shape index (κ1) is 12.9. The maximum Gasteiger partial charge on any atom is 0.125 e. The van der Waals surface area contributed by atoms with E-state index < -0.39 is 0 Å². The molecule has 1 aliphatic carbocycles. The largest absolute Gasteiger partial charge is 0.496 e. The Hall–Kier alpha value is -1.10. The van der Waals surface area contributed by atoms with Crippen LogP contribution < -0.4 is 10.1 Å². The third-order valence-electron chi connectivity index (χ3n) is 3.20. The standard InChI is InChI=1S/C14H15ClN2OS/c1-18-11-4-2-3-10(15)12(11)13(17-9-5-6-9)14-16-7-8-19-14/h2-4,7-9,13,17H,5-6H2,1H3. The molecule has 0 saturated heterocycles. The van der Waals surface area contributed by atoms with Crippen LogP contribution in [0.3, 0.4) is 0 Å². The van der Waals surface area contributed by atoms with Crippen LogP contribution in [-0.4, -0.2) is 18.1 Å². The Morgan fingerprint density at radius 3 is 2.95 bits per heavy atom. The van der Waals surface area contributed by atoms with Crippen LogP contribution in [0.4, 0.5) is 0 Å². The number of methoxy groups -OCH3 is 1. The van der Waals surface area contributed by atoms with E-state index in [-0.39, 0.29) is 6.04 Å². The topological polar surface area (TPSA) is 34.1 Å². The number of hydrogen-bond acceptors (Lipinski definition) is 4. The molecule has 1 saturated carbocycles. The van der Waals surface area contributed by atoms with Crippen LogP contribution in [0.25, 0.3) is 0 Å². The van der Waals surface area contributed by atoms with E-state index in [0.717, 1.165) is 16.3 Å². The van der Waals surface area contributed by atoms with Crippen molar-refractivity contribution < 1.29 is 4.74 Å². The molecule has 19 heavy (non-hydrogen) atoms. The lowest BCUT2D eigenvalue weighted by molar-refractivity contribution is 0.403. The smallest absolute Gasteiger partial charge is 0.125 e. The van der Waals surface area contributed by atoms with Crippen LogP contribution in [0.1, 0.15) is 29.5 Å². The minimum absolute atomic E-state index is 0.0103. The molecule has 5 heteroatoms. The first-order valence-electron chi connectivity index (χ1n) is 6.27. The molecule has 0 amide bonds. The highest BCUT2D eigenvalue weighted by molar-refractivity contribution is 7.09. The second kappa shape index (κ2) is 5.49. The van der Waals surface area contributed by atoms with Crippen molar-refractivity contribution in [3.63, 3.8) is 0 Å². The summed E-state index contributed by atoms with van der Waals surface area (Å²) in [5.74, 6) is 0.806. The molecule has 1 aromatic carbocycles. The molecule has 100 valence electrons. The van der Waals surface area contributed by atoms with E-state index in [4.69, 9.17) is 16.3 Å². The van der Waals surface area contributed by atoms with Crippen LogP contribution >= 0.6 is 22.9 Å². The number of hydrogen-bond donors (Lipinski definition) is 1. The molecule has 0 aliphatic heterocycles. The van der Waals surface area contributed by atoms with Crippen LogP contribution in [0.5, 0.6) is 5.75 Å². The summed E-state index contributed by atoms with van der Waals surface area (Å²) in [4.78, 5) is 4.43. The number of aromatic nitrogens is 1. The molecule has 1 atom stereocenters. The van der Waals surface area contributed by atoms with Gasteiger partial charge in [-0.15, -0.1) is 11.3 Å². The SMILES string of the molecule is COc1cccc(Cl)c1C(NC1CC1)c1nccs1. The molecule has 3 nitrogen and oxygen atoms in total. The molecule has 3 rings (SSSR count). The maximum absolute atomic E-state index is 6.38. The van der Waals surface area contributed by atoms with Gasteiger partial charge in [0.1, 0.15) is 10.8 Å². The summed E-state index contributed by atoms with van der Waals surface area (Å²) in [6.45, 7) is 0. The van der Waals surface area contributed by atoms with Gasteiger partial charge < -0.3 is 10.1 Å². The van der Waals surface area contributed by atoms with Gasteiger partial charge in [0.25, 0.3) is 0 Å². The van der Waals surface area contributed by atoms with Crippen molar-refractivity contribution in [3.8, 4) is 5.75 Å². The van der Waals surface area contributed by atoms with Crippen molar-refractivity contribution >= 4 is 22.9 Å². The highest BCUT2D eigenvalue weighted by Gasteiger charge is 2.30. The zero-order chi connectivity index (χ0) is 13.2. The van der Waals surface area contributed by atoms with Crippen molar-refractivity contribution in [2.24, 2.45) is 0 Å². The van der Waals surface area contributed by atoms with Crippen LogP contribution in [0.15, 0.2) is 29.8 Å². The number of ether oxygens (including phenoxy) is 1. The summed E-state index contributed by atoms with van der Waals surface area (Å²) in [5, 5.41) is 7.34. The lowest BCUT2D eigenvalue weighted by Gasteiger charge is -2.20. The summed E-state index contributed by atoms with van der Waals surface area (Å²) in [6, 6.07) is 6.32. The van der Waals surface area contributed by atoms with Crippen molar-refractivity contribution in [1.82, 2.24) is 10.3 Å². The van der Waals surface area contributed by atoms with Gasteiger partial charge in [0.2, 0.25) is 0 Å². The molecule has 0 radical (unpaired) electrons. The van der Waals surface area contributed by atoms with E-state index in [1.807, 2.05) is 29.8 Å². The van der Waals surface area contributed by atoms with Gasteiger partial charge in [0, 0.05) is 28.2 Å². The van der Waals surface area contributed by atoms with Gasteiger partial charge in [-0.3, -0.25) is 0 Å². The quantitative estimate of drug-likeness (QED) is 0.914. The van der Waals surface area contributed by atoms with Gasteiger partial charge in [0.05, 0.1) is 13.2 Å². The molecule has 2 aromatic rings. The molecule has 1 fully saturated rings. The van der Waals surface area contributed by atoms with E-state index >= 15 is 0 Å². The van der Waals surface area contributed by atoms with Crippen molar-refractivity contribution in [2.75, 3.05) is 7.11 Å². The van der Waals surface area contributed by atoms with Crippen molar-refractivity contribution in [2.45, 2.75) is 24.9 Å². The summed E-state index contributed by atoms with van der Waals surface area (Å²) >= 11 is 8.02. The summed E-state index contributed by atoms with van der Waals surface area (Å²) in [6.07, 6.45) is 4.26. The van der Waals surface area contributed by atoms with Gasteiger partial charge in [0.15, 0.2) is 0 Å². The van der Waals surface area contributed by atoms with Crippen LogP contribution in [0.2, 0.25) is 5.02 Å². The van der Waals surface area contributed by atoms with Crippen LogP contribution in [0, 0.1) is 0 Å². The number of halogens is 1. The fraction of sp³-hybridized carbons (Fsp3) is 0.357. The van der Waals surface area contributed by atoms with Gasteiger partial charge in [-0.05, 0) is 25.0 Å². The second-order valence-electron chi connectivity index (χ2n) is 4.60. The van der Waals surface area contributed by atoms with E-state index in [1.54, 1.807) is 18.4 Å². The summed E-state index contributed by atoms with van der Waals surface area (Å²) in [7, 11) is 1.67. The van der Waals surface area contributed by atoms with E-state index in [2.05, 4.69) is 10.3 Å². The Kier molecular flexibility index (Phi) is 3.73. The monoisotopic (exact) mass is 294 g/mol. The normalized spacial score (nSPS) is 16.3. The first-order valence-corrected chi connectivity index (χ1v) is 7.53. The zero-order valence-corrected chi connectivity index (χ0v) is 12.2. The summed E-state index contributed by atoms with van der Waals surface area (Å²) in [5.41, 5.74) is 0.980. The molecule has 1 aromatic heterocycles. The predicted octanol–water partition coefficient (Wildman–Crippen LogP) is 3.65. The fourth-order valence-electron chi connectivity index (χ4n) is 2.12. The van der Waals surface area contributed by atoms with E-state index in [1.165, 1.54) is 12.8 Å². The van der Waals surface area contributed by atoms with Gasteiger partial charge in [-0.25, -0.2) is 4.98 Å². The highest BCUT2D eigenvalue weighted by atomic mass is 35.5. The molecule has 1 aliphatic rings. The third-order valence-corrected chi connectivity index (χ3v) is 4.37. The first-order chi connectivity index (χ1) is 9.29. The Morgan fingerprint density at radius 2 is 2.32 bits per heavy atom. The highest BCUT2D eigenvalue weighted by Crippen LogP contribution is 2.38. The van der Waals surface area contributed by atoms with Crippen LogP contribution in [-0.2, 0) is 0 Å². The molecule has 1 unspecified atom stereocenters. The Morgan fingerprint density at radius 1 is 1.47 bits per heavy atom. The Labute approximate surface area is 121 Å². The van der Waals surface area contributed by atoms with Gasteiger partial charge >= 0.3 is 0 Å². The van der Waals surface area contributed by atoms with Gasteiger partial charge in [-0.1, -0.05) is 17.7 Å². The molecule has 1 N–H and O–H groups in total. The third kappa shape index (κ3) is 2.76. The Balaban J connectivity index is 2.03. The lowest BCUT2D eigenvalue weighted by Crippen LogP contribution is -2.25. The van der Waals surface area contributed by atoms with Crippen molar-refractivity contribution in [1.29, 1.82) is 0 Å². The minimum atomic E-state index is 0.0103. The number of thiazole rings is 1. The second-order valence-corrected chi connectivity index (χ2v) is 5.93. The average Bonchev–Trinajstić information content (AvgIpc) is 3.07. The minimum Gasteiger partial charge on any atom is -0.496 e. The average molecular weight is 295 g/mol. The number of benzene rings is 1. The number of nitrogens with zero attached hydrogens (tertiary/aromatic N) is 1. The lowest BCUT2D eigenvalue weighted by atomic mass is 10.1. The van der Waals surface area contributed by atoms with E-state index in [9.17, 15) is 0 Å². The Bertz CT molecular complexity index is 555. The van der Waals surface area contributed by atoms with Crippen molar-refractivity contribution in [3.05, 3.63) is 45.4 Å². The van der Waals surface area contributed by atoms with Gasteiger partial charge in [-0.2, -0.15) is 0 Å². The molecular weight excluding hydrogens is 280 g/mol. The predicted molar refractivity (Wildman–Crippen MR) is 78.1 cm³/mol. The zero-order valence-electron chi connectivity index (χ0n) is 10.6. The molecule has 0 spiro atoms. The van der Waals surface area contributed by atoms with E-state index in [0.29, 0.717) is 11.1 Å². The maximum atomic E-state index is 6.38.